The van der Waals surface area contributed by atoms with E-state index in [0.29, 0.717) is 11.3 Å². The van der Waals surface area contributed by atoms with Crippen molar-refractivity contribution >= 4 is 55.3 Å². The molecule has 6 atom stereocenters. The van der Waals surface area contributed by atoms with Crippen molar-refractivity contribution in [3.05, 3.63) is 65.7 Å². The van der Waals surface area contributed by atoms with Crippen molar-refractivity contribution < 1.29 is 19.1 Å². The Morgan fingerprint density at radius 2 is 1.57 bits per heavy atom. The third-order valence-electron chi connectivity index (χ3n) is 6.54. The molecule has 0 aromatic heterocycles. The molecule has 154 valence electrons. The first-order valence-corrected chi connectivity index (χ1v) is 11.8. The summed E-state index contributed by atoms with van der Waals surface area (Å²) in [5, 5.41) is 0. The lowest BCUT2D eigenvalue weighted by molar-refractivity contribution is -0.123. The van der Waals surface area contributed by atoms with Gasteiger partial charge in [-0.3, -0.25) is 14.5 Å². The number of hydrogen-bond acceptors (Lipinski definition) is 4. The van der Waals surface area contributed by atoms with Gasteiger partial charge in [0.1, 0.15) is 6.61 Å². The molecule has 2 aromatic rings. The van der Waals surface area contributed by atoms with Crippen LogP contribution in [0.15, 0.2) is 54.6 Å². The molecule has 30 heavy (non-hydrogen) atoms. The number of hydrogen-bond donors (Lipinski definition) is 0. The normalized spacial score (nSPS) is 31.9. The van der Waals surface area contributed by atoms with E-state index in [4.69, 9.17) is 4.74 Å². The predicted octanol–water partition coefficient (Wildman–Crippen LogP) is 4.33. The number of nitrogens with zero attached hydrogens (tertiary/aromatic N) is 1. The average molecular weight is 533 g/mol. The molecule has 1 aliphatic heterocycles. The highest BCUT2D eigenvalue weighted by Crippen LogP contribution is 2.60. The van der Waals surface area contributed by atoms with Gasteiger partial charge in [-0.15, -0.1) is 0 Å². The first-order valence-electron chi connectivity index (χ1n) is 9.94. The molecule has 3 fully saturated rings. The molecule has 0 unspecified atom stereocenters. The summed E-state index contributed by atoms with van der Waals surface area (Å²) in [5.41, 5.74) is 1.65. The second kappa shape index (κ2) is 7.61. The molecule has 5 rings (SSSR count). The van der Waals surface area contributed by atoms with Crippen molar-refractivity contribution in [1.82, 2.24) is 0 Å². The van der Waals surface area contributed by atoms with Gasteiger partial charge >= 0.3 is 5.97 Å². The van der Waals surface area contributed by atoms with Crippen molar-refractivity contribution in [1.29, 1.82) is 0 Å². The Balaban J connectivity index is 1.36. The van der Waals surface area contributed by atoms with E-state index in [1.165, 1.54) is 4.90 Å². The number of fused-ring (bicyclic) bond motifs is 5. The van der Waals surface area contributed by atoms with Crippen LogP contribution in [0.2, 0.25) is 0 Å². The molecule has 2 aromatic carbocycles. The number of anilines is 1. The first-order chi connectivity index (χ1) is 14.5. The summed E-state index contributed by atoms with van der Waals surface area (Å²) < 4.78 is 5.39. The van der Waals surface area contributed by atoms with Crippen LogP contribution in [0.5, 0.6) is 0 Å². The van der Waals surface area contributed by atoms with Gasteiger partial charge in [0.2, 0.25) is 11.8 Å². The Morgan fingerprint density at radius 3 is 2.20 bits per heavy atom. The molecule has 0 N–H and O–H groups in total. The van der Waals surface area contributed by atoms with Crippen LogP contribution >= 0.6 is 31.9 Å². The minimum absolute atomic E-state index is 0.156. The van der Waals surface area contributed by atoms with Gasteiger partial charge in [-0.1, -0.05) is 68.3 Å². The number of carbonyl (C=O) groups excluding carboxylic acids is 3. The summed E-state index contributed by atoms with van der Waals surface area (Å²) in [5.74, 6) is -1.05. The van der Waals surface area contributed by atoms with Gasteiger partial charge in [-0.2, -0.15) is 0 Å². The van der Waals surface area contributed by atoms with Crippen LogP contribution in [0.25, 0.3) is 0 Å². The standard InChI is InChI=1S/C23H19Br2NO4/c24-19-15-10-16(20(19)25)18-17(15)21(27)26(22(18)28)14-8-4-7-13(9-14)23(29)30-11-12-5-2-1-3-6-12/h1-9,15-20H,10-11H2/t15-,16+,17-,18-,19-,20+/m0/s1. The van der Waals surface area contributed by atoms with Crippen molar-refractivity contribution in [3.8, 4) is 0 Å². The minimum Gasteiger partial charge on any atom is -0.457 e. The maximum absolute atomic E-state index is 13.2. The molecule has 3 aliphatic rings. The lowest BCUT2D eigenvalue weighted by Crippen LogP contribution is -2.37. The Hall–Kier alpha value is -1.99. The topological polar surface area (TPSA) is 63.7 Å². The number of imide groups is 1. The molecule has 1 saturated heterocycles. The zero-order chi connectivity index (χ0) is 21.0. The second-order valence-corrected chi connectivity index (χ2v) is 10.2. The number of alkyl halides is 2. The largest absolute Gasteiger partial charge is 0.457 e. The summed E-state index contributed by atoms with van der Waals surface area (Å²) in [6.07, 6.45) is 0.887. The van der Waals surface area contributed by atoms with Crippen LogP contribution in [0, 0.1) is 23.7 Å². The summed E-state index contributed by atoms with van der Waals surface area (Å²) in [6, 6.07) is 16.0. The van der Waals surface area contributed by atoms with E-state index in [0.717, 1.165) is 12.0 Å². The Kier molecular flexibility index (Phi) is 5.06. The lowest BCUT2D eigenvalue weighted by Gasteiger charge is -2.28. The fourth-order valence-corrected chi connectivity index (χ4v) is 7.06. The maximum Gasteiger partial charge on any atom is 0.338 e. The minimum atomic E-state index is -0.485. The van der Waals surface area contributed by atoms with Crippen molar-refractivity contribution in [2.24, 2.45) is 23.7 Å². The van der Waals surface area contributed by atoms with E-state index in [1.807, 2.05) is 30.3 Å². The lowest BCUT2D eigenvalue weighted by atomic mass is 9.81. The number of esters is 1. The number of ether oxygens (including phenoxy) is 1. The predicted molar refractivity (Wildman–Crippen MR) is 119 cm³/mol. The van der Waals surface area contributed by atoms with Gasteiger partial charge in [-0.25, -0.2) is 4.79 Å². The zero-order valence-electron chi connectivity index (χ0n) is 15.9. The van der Waals surface area contributed by atoms with E-state index in [-0.39, 0.29) is 51.7 Å². The highest BCUT2D eigenvalue weighted by molar-refractivity contribution is 9.12. The molecule has 2 aliphatic carbocycles. The van der Waals surface area contributed by atoms with Crippen molar-refractivity contribution in [3.63, 3.8) is 0 Å². The molecule has 1 heterocycles. The fraction of sp³-hybridized carbons (Fsp3) is 0.348. The Labute approximate surface area is 191 Å². The third-order valence-corrected chi connectivity index (χ3v) is 9.75. The Morgan fingerprint density at radius 1 is 0.933 bits per heavy atom. The van der Waals surface area contributed by atoms with Crippen molar-refractivity contribution in [2.45, 2.75) is 22.7 Å². The first kappa shape index (κ1) is 19.9. The second-order valence-electron chi connectivity index (χ2n) is 8.13. The van der Waals surface area contributed by atoms with Gasteiger partial charge in [0.25, 0.3) is 0 Å². The SMILES string of the molecule is O=C(OCc1ccccc1)c1cccc(N2C(=O)[C@H]3[C@@H]4C[C@@H]([C@@H](Br)[C@H]4Br)[C@@H]3C2=O)c1. The van der Waals surface area contributed by atoms with Crippen LogP contribution in [-0.2, 0) is 20.9 Å². The molecule has 0 spiro atoms. The van der Waals surface area contributed by atoms with E-state index in [9.17, 15) is 14.4 Å². The third kappa shape index (κ3) is 3.05. The summed E-state index contributed by atoms with van der Waals surface area (Å²) >= 11 is 7.40. The highest BCUT2D eigenvalue weighted by Gasteiger charge is 2.66. The van der Waals surface area contributed by atoms with Gasteiger partial charge in [0, 0.05) is 9.65 Å². The maximum atomic E-state index is 13.2. The molecule has 2 saturated carbocycles. The van der Waals surface area contributed by atoms with E-state index < -0.39 is 5.97 Å². The van der Waals surface area contributed by atoms with Crippen LogP contribution in [0.4, 0.5) is 5.69 Å². The van der Waals surface area contributed by atoms with Crippen molar-refractivity contribution in [2.75, 3.05) is 4.90 Å². The molecular weight excluding hydrogens is 514 g/mol. The number of amides is 2. The number of halogens is 2. The molecule has 2 amide bonds. The van der Waals surface area contributed by atoms with E-state index >= 15 is 0 Å². The molecule has 2 bridgehead atoms. The van der Waals surface area contributed by atoms with Crippen LogP contribution in [0.3, 0.4) is 0 Å². The van der Waals surface area contributed by atoms with E-state index in [2.05, 4.69) is 31.9 Å². The Bertz CT molecular complexity index is 995. The van der Waals surface area contributed by atoms with Gasteiger partial charge in [0.05, 0.1) is 23.1 Å². The smallest absolute Gasteiger partial charge is 0.338 e. The summed E-state index contributed by atoms with van der Waals surface area (Å²) in [6.45, 7) is 0.165. The number of benzene rings is 2. The fourth-order valence-electron chi connectivity index (χ4n) is 5.18. The van der Waals surface area contributed by atoms with Gasteiger partial charge in [-0.05, 0) is 42.0 Å². The molecule has 7 heteroatoms. The highest BCUT2D eigenvalue weighted by atomic mass is 79.9. The van der Waals surface area contributed by atoms with Crippen LogP contribution in [0.1, 0.15) is 22.3 Å². The summed E-state index contributed by atoms with van der Waals surface area (Å²) in [7, 11) is 0. The monoisotopic (exact) mass is 531 g/mol. The quantitative estimate of drug-likeness (QED) is 0.334. The van der Waals surface area contributed by atoms with E-state index in [1.54, 1.807) is 24.3 Å². The van der Waals surface area contributed by atoms with Gasteiger partial charge < -0.3 is 4.74 Å². The molecule has 5 nitrogen and oxygen atoms in total. The molecule has 0 radical (unpaired) electrons. The zero-order valence-corrected chi connectivity index (χ0v) is 19.1. The molecular formula is C23H19Br2NO4. The average Bonchev–Trinajstić information content (AvgIpc) is 3.37. The van der Waals surface area contributed by atoms with Gasteiger partial charge in [0.15, 0.2) is 0 Å². The summed E-state index contributed by atoms with van der Waals surface area (Å²) in [4.78, 5) is 40.5. The van der Waals surface area contributed by atoms with Crippen LogP contribution in [-0.4, -0.2) is 27.4 Å². The van der Waals surface area contributed by atoms with Crippen LogP contribution < -0.4 is 4.90 Å². The number of carbonyl (C=O) groups is 3. The number of rotatable bonds is 4.